The van der Waals surface area contributed by atoms with Crippen LogP contribution >= 0.6 is 0 Å². The van der Waals surface area contributed by atoms with Crippen molar-refractivity contribution in [3.8, 4) is 11.1 Å². The first-order valence-electron chi connectivity index (χ1n) is 15.4. The van der Waals surface area contributed by atoms with Crippen molar-refractivity contribution in [1.29, 1.82) is 0 Å². The molecule has 0 aliphatic carbocycles. The molecule has 0 spiro atoms. The fourth-order valence-corrected chi connectivity index (χ4v) is 6.59. The maximum absolute atomic E-state index is 2.38. The van der Waals surface area contributed by atoms with Crippen molar-refractivity contribution in [3.63, 3.8) is 0 Å². The molecule has 8 aromatic carbocycles. The predicted octanol–water partition coefficient (Wildman–Crippen LogP) is 12.1. The minimum Gasteiger partial charge on any atom is -0.344 e. The standard InChI is InChI=1S/C43H32N2/c1-44(43-40-22-9-6-16-34(40)29-35-17-7-10-23-41(35)43)36-25-27-37(28-26-36)45(42-24-12-18-32-15-5-8-21-39(32)42)38-20-11-19-33(30-38)31-13-3-2-4-14-31/h2-30H,1H3. The minimum absolute atomic E-state index is 1.11. The highest BCUT2D eigenvalue weighted by Gasteiger charge is 2.18. The van der Waals surface area contributed by atoms with E-state index in [1.165, 1.54) is 49.1 Å². The second-order valence-electron chi connectivity index (χ2n) is 11.5. The molecule has 0 unspecified atom stereocenters. The maximum Gasteiger partial charge on any atom is 0.0567 e. The van der Waals surface area contributed by atoms with Crippen LogP contribution in [0.25, 0.3) is 43.4 Å². The summed E-state index contributed by atoms with van der Waals surface area (Å²) < 4.78 is 0. The monoisotopic (exact) mass is 576 g/mol. The highest BCUT2D eigenvalue weighted by Crippen LogP contribution is 2.42. The Balaban J connectivity index is 1.26. The van der Waals surface area contributed by atoms with Crippen molar-refractivity contribution in [3.05, 3.63) is 176 Å². The lowest BCUT2D eigenvalue weighted by molar-refractivity contribution is 1.22. The smallest absolute Gasteiger partial charge is 0.0567 e. The highest BCUT2D eigenvalue weighted by atomic mass is 15.1. The average molecular weight is 577 g/mol. The van der Waals surface area contributed by atoms with Crippen LogP contribution in [0.4, 0.5) is 28.4 Å². The first-order valence-corrected chi connectivity index (χ1v) is 15.4. The largest absolute Gasteiger partial charge is 0.344 e. The van der Waals surface area contributed by atoms with Crippen molar-refractivity contribution >= 4 is 60.8 Å². The number of benzene rings is 8. The average Bonchev–Trinajstić information content (AvgIpc) is 3.11. The molecule has 0 saturated heterocycles. The van der Waals surface area contributed by atoms with E-state index in [0.29, 0.717) is 0 Å². The van der Waals surface area contributed by atoms with Crippen molar-refractivity contribution < 1.29 is 0 Å². The molecule has 45 heavy (non-hydrogen) atoms. The zero-order chi connectivity index (χ0) is 30.2. The van der Waals surface area contributed by atoms with Gasteiger partial charge in [-0.2, -0.15) is 0 Å². The topological polar surface area (TPSA) is 6.48 Å². The van der Waals surface area contributed by atoms with Gasteiger partial charge in [0.05, 0.1) is 11.4 Å². The summed E-state index contributed by atoms with van der Waals surface area (Å²) >= 11 is 0. The zero-order valence-electron chi connectivity index (χ0n) is 25.1. The number of nitrogens with zero attached hydrogens (tertiary/aromatic N) is 2. The lowest BCUT2D eigenvalue weighted by Gasteiger charge is -2.28. The van der Waals surface area contributed by atoms with E-state index in [9.17, 15) is 0 Å². The summed E-state index contributed by atoms with van der Waals surface area (Å²) in [5, 5.41) is 7.42. The molecule has 0 bridgehead atoms. The third-order valence-electron chi connectivity index (χ3n) is 8.79. The molecule has 0 aliphatic heterocycles. The van der Waals surface area contributed by atoms with Gasteiger partial charge < -0.3 is 9.80 Å². The van der Waals surface area contributed by atoms with E-state index in [2.05, 4.69) is 193 Å². The molecule has 0 heterocycles. The van der Waals surface area contributed by atoms with Crippen LogP contribution in [0.1, 0.15) is 0 Å². The molecule has 0 fully saturated rings. The summed E-state index contributed by atoms with van der Waals surface area (Å²) in [6.45, 7) is 0. The third kappa shape index (κ3) is 4.87. The van der Waals surface area contributed by atoms with Crippen LogP contribution < -0.4 is 9.80 Å². The first-order chi connectivity index (χ1) is 22.2. The number of hydrogen-bond acceptors (Lipinski definition) is 2. The summed E-state index contributed by atoms with van der Waals surface area (Å²) in [6.07, 6.45) is 0. The van der Waals surface area contributed by atoms with Crippen LogP contribution in [0, 0.1) is 0 Å². The first kappa shape index (κ1) is 26.7. The fraction of sp³-hybridized carbons (Fsp3) is 0.0233. The van der Waals surface area contributed by atoms with Crippen molar-refractivity contribution in [2.24, 2.45) is 0 Å². The number of hydrogen-bond donors (Lipinski definition) is 0. The van der Waals surface area contributed by atoms with E-state index in [1.807, 2.05) is 0 Å². The Morgan fingerprint density at radius 1 is 0.356 bits per heavy atom. The molecule has 2 nitrogen and oxygen atoms in total. The molecule has 2 heteroatoms. The summed E-state index contributed by atoms with van der Waals surface area (Å²) in [6, 6.07) is 63.2. The van der Waals surface area contributed by atoms with Gasteiger partial charge in [0.25, 0.3) is 0 Å². The van der Waals surface area contributed by atoms with Crippen LogP contribution in [-0.2, 0) is 0 Å². The van der Waals surface area contributed by atoms with Crippen LogP contribution in [0.2, 0.25) is 0 Å². The Labute approximate surface area is 264 Å². The van der Waals surface area contributed by atoms with E-state index >= 15 is 0 Å². The minimum atomic E-state index is 1.11. The third-order valence-corrected chi connectivity index (χ3v) is 8.79. The van der Waals surface area contributed by atoms with Crippen LogP contribution in [0.5, 0.6) is 0 Å². The van der Waals surface area contributed by atoms with Gasteiger partial charge in [0.1, 0.15) is 0 Å². The maximum atomic E-state index is 2.38. The van der Waals surface area contributed by atoms with E-state index < -0.39 is 0 Å². The second-order valence-corrected chi connectivity index (χ2v) is 11.5. The zero-order valence-corrected chi connectivity index (χ0v) is 25.1. The van der Waals surface area contributed by atoms with Crippen molar-refractivity contribution in [1.82, 2.24) is 0 Å². The normalized spacial score (nSPS) is 11.2. The van der Waals surface area contributed by atoms with Crippen LogP contribution in [0.3, 0.4) is 0 Å². The molecule has 0 aliphatic rings. The Morgan fingerprint density at radius 2 is 0.889 bits per heavy atom. The SMILES string of the molecule is CN(c1ccc(N(c2cccc(-c3ccccc3)c2)c2cccc3ccccc23)cc1)c1c2ccccc2cc2ccccc12. The van der Waals surface area contributed by atoms with Gasteiger partial charge in [-0.1, -0.05) is 127 Å². The van der Waals surface area contributed by atoms with Gasteiger partial charge >= 0.3 is 0 Å². The molecule has 0 radical (unpaired) electrons. The quantitative estimate of drug-likeness (QED) is 0.182. The summed E-state index contributed by atoms with van der Waals surface area (Å²) in [7, 11) is 2.18. The predicted molar refractivity (Wildman–Crippen MR) is 194 cm³/mol. The Morgan fingerprint density at radius 3 is 1.60 bits per heavy atom. The second kappa shape index (κ2) is 11.3. The van der Waals surface area contributed by atoms with E-state index in [1.54, 1.807) is 0 Å². The molecule has 0 N–H and O–H groups in total. The van der Waals surface area contributed by atoms with Crippen LogP contribution in [-0.4, -0.2) is 7.05 Å². The van der Waals surface area contributed by atoms with E-state index in [4.69, 9.17) is 0 Å². The van der Waals surface area contributed by atoms with Gasteiger partial charge in [-0.3, -0.25) is 0 Å². The lowest BCUT2D eigenvalue weighted by Crippen LogP contribution is -2.13. The van der Waals surface area contributed by atoms with Gasteiger partial charge in [0.15, 0.2) is 0 Å². The van der Waals surface area contributed by atoms with Gasteiger partial charge in [-0.05, 0) is 75.8 Å². The molecule has 214 valence electrons. The summed E-state index contributed by atoms with van der Waals surface area (Å²) in [5.41, 5.74) is 8.13. The molecular formula is C43H32N2. The number of rotatable bonds is 6. The van der Waals surface area contributed by atoms with Crippen molar-refractivity contribution in [2.75, 3.05) is 16.8 Å². The van der Waals surface area contributed by atoms with Crippen molar-refractivity contribution in [2.45, 2.75) is 0 Å². The molecule has 0 amide bonds. The molecule has 0 atom stereocenters. The van der Waals surface area contributed by atoms with Gasteiger partial charge in [-0.15, -0.1) is 0 Å². The van der Waals surface area contributed by atoms with E-state index in [-0.39, 0.29) is 0 Å². The lowest BCUT2D eigenvalue weighted by atomic mass is 10.00. The fourth-order valence-electron chi connectivity index (χ4n) is 6.59. The molecule has 8 aromatic rings. The Hall–Kier alpha value is -5.86. The van der Waals surface area contributed by atoms with Crippen LogP contribution in [0.15, 0.2) is 176 Å². The number of anilines is 5. The summed E-state index contributed by atoms with van der Waals surface area (Å²) in [4.78, 5) is 4.71. The molecule has 0 saturated carbocycles. The molecule has 8 rings (SSSR count). The van der Waals surface area contributed by atoms with Gasteiger partial charge in [0, 0.05) is 40.3 Å². The molecular weight excluding hydrogens is 544 g/mol. The van der Waals surface area contributed by atoms with Gasteiger partial charge in [-0.25, -0.2) is 0 Å². The number of fused-ring (bicyclic) bond motifs is 3. The Kier molecular flexibility index (Phi) is 6.73. The van der Waals surface area contributed by atoms with Gasteiger partial charge in [0.2, 0.25) is 0 Å². The summed E-state index contributed by atoms with van der Waals surface area (Å²) in [5.74, 6) is 0. The highest BCUT2D eigenvalue weighted by molar-refractivity contribution is 6.12. The molecule has 0 aromatic heterocycles. The Bertz CT molecular complexity index is 2230. The van der Waals surface area contributed by atoms with E-state index in [0.717, 1.165) is 22.7 Å².